The van der Waals surface area contributed by atoms with Crippen LogP contribution in [0.3, 0.4) is 0 Å². The van der Waals surface area contributed by atoms with E-state index in [0.717, 1.165) is 0 Å². The molecule has 1 heterocycles. The minimum absolute atomic E-state index is 0.0799. The van der Waals surface area contributed by atoms with Crippen LogP contribution in [0.25, 0.3) is 0 Å². The van der Waals surface area contributed by atoms with E-state index >= 15 is 0 Å². The number of aliphatic carboxylic acids is 1. The summed E-state index contributed by atoms with van der Waals surface area (Å²) in [5.41, 5.74) is -0.377. The smallest absolute Gasteiger partial charge is 0.480 e. The van der Waals surface area contributed by atoms with Gasteiger partial charge in [0.1, 0.15) is 17.4 Å². The van der Waals surface area contributed by atoms with Crippen LogP contribution in [0.15, 0.2) is 18.3 Å². The molecule has 0 spiro atoms. The molecule has 2 N–H and O–H groups in total. The molecule has 0 saturated heterocycles. The summed E-state index contributed by atoms with van der Waals surface area (Å²) in [6.45, 7) is 8.60. The molecule has 0 aromatic carbocycles. The molecule has 1 aromatic heterocycles. The number of phosphoric acid groups is 1. The van der Waals surface area contributed by atoms with Crippen molar-refractivity contribution in [1.29, 1.82) is 0 Å². The van der Waals surface area contributed by atoms with Gasteiger partial charge in [-0.1, -0.05) is 0 Å². The molecule has 1 atom stereocenters. The van der Waals surface area contributed by atoms with Crippen molar-refractivity contribution in [3.05, 3.63) is 24.0 Å². The number of carbonyl (C=O) groups excluding carboxylic acids is 1. The summed E-state index contributed by atoms with van der Waals surface area (Å²) < 4.78 is 32.7. The summed E-state index contributed by atoms with van der Waals surface area (Å²) in [7, 11) is -3.75. The molecule has 10 nitrogen and oxygen atoms in total. The fraction of sp³-hybridized carbons (Fsp3) is 0.588. The molecule has 0 bridgehead atoms. The third-order valence-corrected chi connectivity index (χ3v) is 4.57. The van der Waals surface area contributed by atoms with Gasteiger partial charge in [0.2, 0.25) is 0 Å². The average Bonchev–Trinajstić information content (AvgIpc) is 2.54. The molecule has 0 fully saturated rings. The molecule has 28 heavy (non-hydrogen) atoms. The number of amides is 1. The largest absolute Gasteiger partial charge is 0.530 e. The van der Waals surface area contributed by atoms with E-state index in [0.29, 0.717) is 5.69 Å². The van der Waals surface area contributed by atoms with Crippen LogP contribution in [0.4, 0.5) is 4.79 Å². The standard InChI is InChI=1S/C17H27N2O8P/c1-6-24-28(23,25-7-2)27-13-9-8-12(18-11-13)10-14(15(20)21)19-16(22)26-17(3,4)5/h8-9,11,14H,6-7,10H2,1-5H3,(H,19,22)(H,20,21)/t14-/m0/s1. The van der Waals surface area contributed by atoms with E-state index < -0.39 is 31.5 Å². The molecular formula is C17H27N2O8P. The Kier molecular flexibility index (Phi) is 8.87. The second-order valence-electron chi connectivity index (χ2n) is 6.60. The fourth-order valence-electron chi connectivity index (χ4n) is 1.98. The highest BCUT2D eigenvalue weighted by Crippen LogP contribution is 2.49. The van der Waals surface area contributed by atoms with Crippen molar-refractivity contribution in [2.45, 2.75) is 52.7 Å². The van der Waals surface area contributed by atoms with Crippen molar-refractivity contribution in [3.8, 4) is 5.75 Å². The third-order valence-electron chi connectivity index (χ3n) is 2.99. The molecule has 0 aliphatic heterocycles. The maximum Gasteiger partial charge on any atom is 0.530 e. The van der Waals surface area contributed by atoms with Crippen molar-refractivity contribution in [2.24, 2.45) is 0 Å². The quantitative estimate of drug-likeness (QED) is 0.550. The van der Waals surface area contributed by atoms with Gasteiger partial charge >= 0.3 is 19.9 Å². The van der Waals surface area contributed by atoms with Gasteiger partial charge in [0.05, 0.1) is 19.4 Å². The zero-order valence-corrected chi connectivity index (χ0v) is 17.5. The molecule has 1 rings (SSSR count). The van der Waals surface area contributed by atoms with Crippen LogP contribution in [-0.2, 0) is 29.6 Å². The van der Waals surface area contributed by atoms with Gasteiger partial charge in [-0.3, -0.25) is 14.0 Å². The van der Waals surface area contributed by atoms with Crippen LogP contribution >= 0.6 is 7.82 Å². The zero-order valence-electron chi connectivity index (χ0n) is 16.6. The normalized spacial score (nSPS) is 12.9. The predicted octanol–water partition coefficient (Wildman–Crippen LogP) is 3.16. The van der Waals surface area contributed by atoms with E-state index in [4.69, 9.17) is 18.3 Å². The number of carboxylic acid groups (broad SMARTS) is 1. The van der Waals surface area contributed by atoms with E-state index in [2.05, 4.69) is 10.3 Å². The summed E-state index contributed by atoms with van der Waals surface area (Å²) in [6.07, 6.45) is 0.352. The number of pyridine rings is 1. The van der Waals surface area contributed by atoms with E-state index in [1.807, 2.05) is 0 Å². The second-order valence-corrected chi connectivity index (χ2v) is 8.19. The predicted molar refractivity (Wildman–Crippen MR) is 100 cm³/mol. The SMILES string of the molecule is CCOP(=O)(OCC)Oc1ccc(C[C@H](NC(=O)OC(C)(C)C)C(=O)O)nc1. The number of ether oxygens (including phenoxy) is 1. The van der Waals surface area contributed by atoms with Crippen molar-refractivity contribution in [1.82, 2.24) is 10.3 Å². The molecule has 0 saturated carbocycles. The Balaban J connectivity index is 2.79. The Bertz CT molecular complexity index is 692. The number of nitrogens with zero attached hydrogens (tertiary/aromatic N) is 1. The Morgan fingerprint density at radius 3 is 2.25 bits per heavy atom. The monoisotopic (exact) mass is 418 g/mol. The summed E-state index contributed by atoms with van der Waals surface area (Å²) in [4.78, 5) is 27.3. The highest BCUT2D eigenvalue weighted by molar-refractivity contribution is 7.48. The molecule has 1 amide bonds. The number of hydrogen-bond acceptors (Lipinski definition) is 8. The zero-order chi connectivity index (χ0) is 21.4. The molecule has 0 radical (unpaired) electrons. The lowest BCUT2D eigenvalue weighted by molar-refractivity contribution is -0.139. The van der Waals surface area contributed by atoms with Crippen LogP contribution < -0.4 is 9.84 Å². The first-order chi connectivity index (χ1) is 13.0. The summed E-state index contributed by atoms with van der Waals surface area (Å²) in [5, 5.41) is 11.6. The molecular weight excluding hydrogens is 391 g/mol. The lowest BCUT2D eigenvalue weighted by Crippen LogP contribution is -2.44. The molecule has 0 aliphatic carbocycles. The number of carboxylic acids is 1. The topological polar surface area (TPSA) is 133 Å². The van der Waals surface area contributed by atoms with Crippen molar-refractivity contribution in [3.63, 3.8) is 0 Å². The van der Waals surface area contributed by atoms with E-state index in [-0.39, 0.29) is 25.4 Å². The van der Waals surface area contributed by atoms with E-state index in [1.165, 1.54) is 18.3 Å². The highest BCUT2D eigenvalue weighted by atomic mass is 31.2. The minimum atomic E-state index is -3.75. The number of hydrogen-bond donors (Lipinski definition) is 2. The van der Waals surface area contributed by atoms with Crippen LogP contribution in [0.2, 0.25) is 0 Å². The maximum atomic E-state index is 12.3. The molecule has 0 unspecified atom stereocenters. The lowest BCUT2D eigenvalue weighted by Gasteiger charge is -2.22. The highest BCUT2D eigenvalue weighted by Gasteiger charge is 2.28. The number of aromatic nitrogens is 1. The van der Waals surface area contributed by atoms with Gasteiger partial charge in [0.25, 0.3) is 0 Å². The van der Waals surface area contributed by atoms with Crippen LogP contribution in [0.5, 0.6) is 5.75 Å². The summed E-state index contributed by atoms with van der Waals surface area (Å²) in [5.74, 6) is -1.09. The molecule has 11 heteroatoms. The van der Waals surface area contributed by atoms with Gasteiger partial charge in [-0.25, -0.2) is 14.2 Å². The summed E-state index contributed by atoms with van der Waals surface area (Å²) in [6, 6.07) is 1.72. The first-order valence-corrected chi connectivity index (χ1v) is 10.2. The average molecular weight is 418 g/mol. The van der Waals surface area contributed by atoms with Gasteiger partial charge < -0.3 is 19.7 Å². The summed E-state index contributed by atoms with van der Waals surface area (Å²) >= 11 is 0. The fourth-order valence-corrected chi connectivity index (χ4v) is 3.16. The van der Waals surface area contributed by atoms with Crippen molar-refractivity contribution in [2.75, 3.05) is 13.2 Å². The van der Waals surface area contributed by atoms with Crippen LogP contribution in [0, 0.1) is 0 Å². The van der Waals surface area contributed by atoms with Crippen molar-refractivity contribution < 1.29 is 37.6 Å². The Labute approximate surface area is 164 Å². The van der Waals surface area contributed by atoms with Gasteiger partial charge in [-0.05, 0) is 46.8 Å². The maximum absolute atomic E-state index is 12.3. The number of rotatable bonds is 10. The number of phosphoric ester groups is 1. The lowest BCUT2D eigenvalue weighted by atomic mass is 10.1. The van der Waals surface area contributed by atoms with Gasteiger partial charge in [-0.15, -0.1) is 0 Å². The Hall–Kier alpha value is -2.16. The number of alkyl carbamates (subject to hydrolysis) is 1. The van der Waals surface area contributed by atoms with Gasteiger partial charge in [-0.2, -0.15) is 0 Å². The minimum Gasteiger partial charge on any atom is -0.480 e. The Morgan fingerprint density at radius 1 is 1.21 bits per heavy atom. The van der Waals surface area contributed by atoms with Gasteiger partial charge in [0.15, 0.2) is 0 Å². The van der Waals surface area contributed by atoms with Crippen LogP contribution in [0.1, 0.15) is 40.3 Å². The number of nitrogens with one attached hydrogen (secondary N) is 1. The van der Waals surface area contributed by atoms with Gasteiger partial charge in [0, 0.05) is 12.1 Å². The third kappa shape index (κ3) is 8.69. The first kappa shape index (κ1) is 23.9. The molecule has 0 aliphatic rings. The second kappa shape index (κ2) is 10.4. The molecule has 158 valence electrons. The first-order valence-electron chi connectivity index (χ1n) is 8.74. The van der Waals surface area contributed by atoms with E-state index in [1.54, 1.807) is 34.6 Å². The number of carbonyl (C=O) groups is 2. The molecule has 1 aromatic rings. The van der Waals surface area contributed by atoms with E-state index in [9.17, 15) is 19.3 Å². The van der Waals surface area contributed by atoms with Crippen LogP contribution in [-0.4, -0.2) is 47.0 Å². The van der Waals surface area contributed by atoms with Crippen molar-refractivity contribution >= 4 is 19.9 Å². The Morgan fingerprint density at radius 2 is 1.82 bits per heavy atom.